The van der Waals surface area contributed by atoms with E-state index in [0.717, 1.165) is 6.07 Å². The van der Waals surface area contributed by atoms with Crippen molar-refractivity contribution < 1.29 is 17.2 Å². The first-order valence-corrected chi connectivity index (χ1v) is 8.16. The Labute approximate surface area is 129 Å². The first-order chi connectivity index (χ1) is 10.1. The van der Waals surface area contributed by atoms with Crippen molar-refractivity contribution in [1.29, 1.82) is 0 Å². The minimum Gasteiger partial charge on any atom is -0.207 e. The van der Waals surface area contributed by atoms with E-state index in [1.54, 1.807) is 13.8 Å². The van der Waals surface area contributed by atoms with Crippen LogP contribution in [0.15, 0.2) is 47.4 Å². The van der Waals surface area contributed by atoms with Crippen molar-refractivity contribution >= 4 is 10.0 Å². The number of hydrogen-bond donors (Lipinski definition) is 1. The van der Waals surface area contributed by atoms with Gasteiger partial charge in [-0.1, -0.05) is 12.1 Å². The molecule has 3 nitrogen and oxygen atoms in total. The summed E-state index contributed by atoms with van der Waals surface area (Å²) < 4.78 is 53.7. The predicted molar refractivity (Wildman–Crippen MR) is 80.9 cm³/mol. The summed E-state index contributed by atoms with van der Waals surface area (Å²) in [5, 5.41) is 0. The summed E-state index contributed by atoms with van der Waals surface area (Å²) in [7, 11) is -3.83. The molecule has 0 aliphatic carbocycles. The molecule has 0 heterocycles. The lowest BCUT2D eigenvalue weighted by atomic mass is 9.96. The lowest BCUT2D eigenvalue weighted by molar-refractivity contribution is 0.471. The van der Waals surface area contributed by atoms with Crippen LogP contribution in [-0.4, -0.2) is 8.42 Å². The van der Waals surface area contributed by atoms with Gasteiger partial charge in [0, 0.05) is 0 Å². The third kappa shape index (κ3) is 3.51. The minimum absolute atomic E-state index is 0.0124. The number of hydrogen-bond acceptors (Lipinski definition) is 2. The van der Waals surface area contributed by atoms with Crippen LogP contribution in [0.25, 0.3) is 0 Å². The first-order valence-electron chi connectivity index (χ1n) is 6.68. The molecule has 0 fully saturated rings. The molecular formula is C16H17F2NO2S. The summed E-state index contributed by atoms with van der Waals surface area (Å²) in [4.78, 5) is -0.0124. The Morgan fingerprint density at radius 2 is 1.59 bits per heavy atom. The Morgan fingerprint density at radius 3 is 2.14 bits per heavy atom. The van der Waals surface area contributed by atoms with Crippen molar-refractivity contribution in [1.82, 2.24) is 4.72 Å². The molecule has 0 amide bonds. The van der Waals surface area contributed by atoms with Gasteiger partial charge in [-0.2, -0.15) is 0 Å². The maximum absolute atomic E-state index is 13.3. The Hall–Kier alpha value is -1.79. The number of benzene rings is 2. The highest BCUT2D eigenvalue weighted by Gasteiger charge is 2.28. The first kappa shape index (κ1) is 16.6. The standard InChI is InChI=1S/C16H17F2NO2S/c1-11-10-14(8-9-15(11)18)22(20,21)19-16(2,3)12-4-6-13(17)7-5-12/h4-10,19H,1-3H3. The molecule has 0 aromatic heterocycles. The van der Waals surface area contributed by atoms with Gasteiger partial charge in [0.1, 0.15) is 11.6 Å². The summed E-state index contributed by atoms with van der Waals surface area (Å²) >= 11 is 0. The second-order valence-electron chi connectivity index (χ2n) is 5.65. The molecule has 1 N–H and O–H groups in total. The van der Waals surface area contributed by atoms with Crippen LogP contribution in [0.5, 0.6) is 0 Å². The molecule has 0 aliphatic heterocycles. The molecule has 0 saturated carbocycles. The van der Waals surface area contributed by atoms with E-state index in [0.29, 0.717) is 5.56 Å². The van der Waals surface area contributed by atoms with Crippen LogP contribution >= 0.6 is 0 Å². The van der Waals surface area contributed by atoms with Crippen molar-refractivity contribution in [3.63, 3.8) is 0 Å². The quantitative estimate of drug-likeness (QED) is 0.935. The van der Waals surface area contributed by atoms with Gasteiger partial charge in [-0.05, 0) is 62.2 Å². The van der Waals surface area contributed by atoms with Crippen LogP contribution < -0.4 is 4.72 Å². The van der Waals surface area contributed by atoms with E-state index in [1.165, 1.54) is 43.3 Å². The molecule has 2 aromatic carbocycles. The molecule has 6 heteroatoms. The number of rotatable bonds is 4. The van der Waals surface area contributed by atoms with E-state index in [4.69, 9.17) is 0 Å². The Kier molecular flexibility index (Phi) is 4.35. The molecule has 22 heavy (non-hydrogen) atoms. The highest BCUT2D eigenvalue weighted by Crippen LogP contribution is 2.24. The average molecular weight is 325 g/mol. The highest BCUT2D eigenvalue weighted by atomic mass is 32.2. The molecule has 0 aliphatic rings. The smallest absolute Gasteiger partial charge is 0.207 e. The topological polar surface area (TPSA) is 46.2 Å². The van der Waals surface area contributed by atoms with Crippen LogP contribution in [0.3, 0.4) is 0 Å². The zero-order valence-corrected chi connectivity index (χ0v) is 13.3. The zero-order valence-electron chi connectivity index (χ0n) is 12.5. The largest absolute Gasteiger partial charge is 0.241 e. The SMILES string of the molecule is Cc1cc(S(=O)(=O)NC(C)(C)c2ccc(F)cc2)ccc1F. The van der Waals surface area contributed by atoms with E-state index < -0.39 is 27.2 Å². The maximum Gasteiger partial charge on any atom is 0.241 e. The van der Waals surface area contributed by atoms with Gasteiger partial charge in [-0.15, -0.1) is 0 Å². The van der Waals surface area contributed by atoms with Gasteiger partial charge in [-0.3, -0.25) is 0 Å². The Balaban J connectivity index is 2.34. The normalized spacial score (nSPS) is 12.4. The Bertz CT molecular complexity index is 784. The summed E-state index contributed by atoms with van der Waals surface area (Å²) in [5.41, 5.74) is -0.0618. The van der Waals surface area contributed by atoms with Gasteiger partial charge in [0.25, 0.3) is 0 Å². The van der Waals surface area contributed by atoms with Crippen molar-refractivity contribution in [2.75, 3.05) is 0 Å². The lowest BCUT2D eigenvalue weighted by Gasteiger charge is -2.26. The molecule has 0 saturated heterocycles. The van der Waals surface area contributed by atoms with Crippen LogP contribution in [0, 0.1) is 18.6 Å². The Morgan fingerprint density at radius 1 is 1.00 bits per heavy atom. The zero-order chi connectivity index (χ0) is 16.5. The van der Waals surface area contributed by atoms with Crippen LogP contribution in [0.1, 0.15) is 25.0 Å². The molecule has 118 valence electrons. The van der Waals surface area contributed by atoms with Gasteiger partial charge >= 0.3 is 0 Å². The number of nitrogens with one attached hydrogen (secondary N) is 1. The van der Waals surface area contributed by atoms with Gasteiger partial charge in [0.15, 0.2) is 0 Å². The molecule has 0 bridgehead atoms. The summed E-state index contributed by atoms with van der Waals surface area (Å²) in [6.45, 7) is 4.85. The van der Waals surface area contributed by atoms with Crippen molar-refractivity contribution in [3.8, 4) is 0 Å². The number of aryl methyl sites for hydroxylation is 1. The van der Waals surface area contributed by atoms with E-state index in [1.807, 2.05) is 0 Å². The maximum atomic E-state index is 13.3. The van der Waals surface area contributed by atoms with Crippen LogP contribution in [-0.2, 0) is 15.6 Å². The van der Waals surface area contributed by atoms with Crippen molar-refractivity contribution in [2.45, 2.75) is 31.2 Å². The highest BCUT2D eigenvalue weighted by molar-refractivity contribution is 7.89. The average Bonchev–Trinajstić information content (AvgIpc) is 2.41. The summed E-state index contributed by atoms with van der Waals surface area (Å²) in [6.07, 6.45) is 0. The van der Waals surface area contributed by atoms with Crippen LogP contribution in [0.4, 0.5) is 8.78 Å². The molecule has 0 radical (unpaired) electrons. The second-order valence-corrected chi connectivity index (χ2v) is 7.33. The molecule has 0 atom stereocenters. The van der Waals surface area contributed by atoms with E-state index in [-0.39, 0.29) is 10.5 Å². The van der Waals surface area contributed by atoms with Gasteiger partial charge in [-0.25, -0.2) is 21.9 Å². The van der Waals surface area contributed by atoms with E-state index in [9.17, 15) is 17.2 Å². The van der Waals surface area contributed by atoms with E-state index >= 15 is 0 Å². The summed E-state index contributed by atoms with van der Waals surface area (Å²) in [5.74, 6) is -0.853. The lowest BCUT2D eigenvalue weighted by Crippen LogP contribution is -2.40. The molecule has 2 rings (SSSR count). The third-order valence-electron chi connectivity index (χ3n) is 3.40. The van der Waals surface area contributed by atoms with Gasteiger partial charge < -0.3 is 0 Å². The monoisotopic (exact) mass is 325 g/mol. The minimum atomic E-state index is -3.83. The fraction of sp³-hybridized carbons (Fsp3) is 0.250. The van der Waals surface area contributed by atoms with Gasteiger partial charge in [0.2, 0.25) is 10.0 Å². The third-order valence-corrected chi connectivity index (χ3v) is 5.05. The fourth-order valence-corrected chi connectivity index (χ4v) is 3.59. The van der Waals surface area contributed by atoms with Crippen molar-refractivity contribution in [2.24, 2.45) is 0 Å². The number of sulfonamides is 1. The molecule has 0 unspecified atom stereocenters. The van der Waals surface area contributed by atoms with Crippen LogP contribution in [0.2, 0.25) is 0 Å². The number of halogens is 2. The van der Waals surface area contributed by atoms with Crippen molar-refractivity contribution in [3.05, 3.63) is 65.2 Å². The second kappa shape index (κ2) is 5.78. The summed E-state index contributed by atoms with van der Waals surface area (Å²) in [6, 6.07) is 9.20. The van der Waals surface area contributed by atoms with E-state index in [2.05, 4.69) is 4.72 Å². The molecule has 0 spiro atoms. The predicted octanol–water partition coefficient (Wildman–Crippen LogP) is 3.49. The van der Waals surface area contributed by atoms with Gasteiger partial charge in [0.05, 0.1) is 10.4 Å². The fourth-order valence-electron chi connectivity index (χ4n) is 2.10. The molecular weight excluding hydrogens is 308 g/mol. The molecule has 2 aromatic rings.